The number of amides is 2. The standard InChI is InChI=1S/C25H18BrFN4O4S/c26-17-9-12-23(29-14-17)31-25(33)20-13-18(27)10-11-21(20)30-24(32)16-7-5-15(6-8-16)19-3-1-2-4-22(19)36(28,34)35/h1-14H,(H,30,32)(H2,28,34,35)(H,29,31,33). The summed E-state index contributed by atoms with van der Waals surface area (Å²) in [4.78, 5) is 29.7. The van der Waals surface area contributed by atoms with Crippen LogP contribution in [-0.2, 0) is 10.0 Å². The number of hydrogen-bond acceptors (Lipinski definition) is 5. The summed E-state index contributed by atoms with van der Waals surface area (Å²) in [6.45, 7) is 0. The smallest absolute Gasteiger partial charge is 0.259 e. The molecule has 4 aromatic rings. The highest BCUT2D eigenvalue weighted by Crippen LogP contribution is 2.27. The van der Waals surface area contributed by atoms with Crippen LogP contribution in [0.25, 0.3) is 11.1 Å². The van der Waals surface area contributed by atoms with E-state index in [9.17, 15) is 22.4 Å². The lowest BCUT2D eigenvalue weighted by Gasteiger charge is -2.12. The second-order valence-corrected chi connectivity index (χ2v) is 10.0. The van der Waals surface area contributed by atoms with Crippen LogP contribution >= 0.6 is 15.9 Å². The van der Waals surface area contributed by atoms with E-state index in [2.05, 4.69) is 31.5 Å². The van der Waals surface area contributed by atoms with Gasteiger partial charge in [-0.25, -0.2) is 22.9 Å². The Morgan fingerprint density at radius 1 is 0.889 bits per heavy atom. The van der Waals surface area contributed by atoms with Gasteiger partial charge in [-0.2, -0.15) is 0 Å². The van der Waals surface area contributed by atoms with Gasteiger partial charge in [-0.05, 0) is 70.0 Å². The number of aromatic nitrogens is 1. The molecule has 0 spiro atoms. The van der Waals surface area contributed by atoms with E-state index >= 15 is 0 Å². The molecule has 0 fully saturated rings. The minimum atomic E-state index is -3.94. The van der Waals surface area contributed by atoms with E-state index in [1.54, 1.807) is 42.5 Å². The van der Waals surface area contributed by atoms with Crippen molar-refractivity contribution < 1.29 is 22.4 Å². The summed E-state index contributed by atoms with van der Waals surface area (Å²) in [6.07, 6.45) is 1.49. The van der Waals surface area contributed by atoms with E-state index < -0.39 is 27.7 Å². The van der Waals surface area contributed by atoms with Crippen LogP contribution in [0.3, 0.4) is 0 Å². The predicted molar refractivity (Wildman–Crippen MR) is 137 cm³/mol. The van der Waals surface area contributed by atoms with Gasteiger partial charge in [-0.15, -0.1) is 0 Å². The third kappa shape index (κ3) is 5.82. The van der Waals surface area contributed by atoms with Gasteiger partial charge in [-0.3, -0.25) is 9.59 Å². The van der Waals surface area contributed by atoms with Crippen molar-refractivity contribution in [2.24, 2.45) is 5.14 Å². The Morgan fingerprint density at radius 2 is 1.61 bits per heavy atom. The van der Waals surface area contributed by atoms with E-state index in [0.29, 0.717) is 11.1 Å². The van der Waals surface area contributed by atoms with Crippen molar-refractivity contribution in [3.63, 3.8) is 0 Å². The SMILES string of the molecule is NS(=O)(=O)c1ccccc1-c1ccc(C(=O)Nc2ccc(F)cc2C(=O)Nc2ccc(Br)cn2)cc1. The van der Waals surface area contributed by atoms with Crippen LogP contribution in [-0.4, -0.2) is 25.2 Å². The van der Waals surface area contributed by atoms with Gasteiger partial charge in [0, 0.05) is 21.8 Å². The lowest BCUT2D eigenvalue weighted by atomic mass is 10.0. The van der Waals surface area contributed by atoms with Gasteiger partial charge in [0.2, 0.25) is 10.0 Å². The van der Waals surface area contributed by atoms with E-state index in [1.807, 2.05) is 0 Å². The number of nitrogens with one attached hydrogen (secondary N) is 2. The molecule has 4 N–H and O–H groups in total. The summed E-state index contributed by atoms with van der Waals surface area (Å²) in [5.74, 6) is -1.61. The van der Waals surface area contributed by atoms with Crippen LogP contribution in [0, 0.1) is 5.82 Å². The highest BCUT2D eigenvalue weighted by Gasteiger charge is 2.18. The predicted octanol–water partition coefficient (Wildman–Crippen LogP) is 4.80. The maximum Gasteiger partial charge on any atom is 0.259 e. The van der Waals surface area contributed by atoms with Crippen LogP contribution < -0.4 is 15.8 Å². The molecule has 0 aliphatic carbocycles. The van der Waals surface area contributed by atoms with Crippen molar-refractivity contribution in [1.82, 2.24) is 4.98 Å². The van der Waals surface area contributed by atoms with Crippen LogP contribution in [0.15, 0.2) is 94.4 Å². The molecule has 2 amide bonds. The van der Waals surface area contributed by atoms with Crippen molar-refractivity contribution in [2.45, 2.75) is 4.90 Å². The Bertz CT molecular complexity index is 1560. The Hall–Kier alpha value is -3.93. The van der Waals surface area contributed by atoms with Crippen molar-refractivity contribution in [3.05, 3.63) is 106 Å². The van der Waals surface area contributed by atoms with Crippen molar-refractivity contribution >= 4 is 49.3 Å². The molecule has 0 atom stereocenters. The van der Waals surface area contributed by atoms with E-state index in [4.69, 9.17) is 5.14 Å². The van der Waals surface area contributed by atoms with Crippen LogP contribution in [0.1, 0.15) is 20.7 Å². The molecule has 0 aliphatic heterocycles. The number of anilines is 2. The normalized spacial score (nSPS) is 11.1. The molecule has 0 bridgehead atoms. The number of benzene rings is 3. The molecule has 0 saturated carbocycles. The van der Waals surface area contributed by atoms with Gasteiger partial charge >= 0.3 is 0 Å². The molecule has 1 aromatic heterocycles. The molecule has 36 heavy (non-hydrogen) atoms. The van der Waals surface area contributed by atoms with Crippen molar-refractivity contribution in [2.75, 3.05) is 10.6 Å². The summed E-state index contributed by atoms with van der Waals surface area (Å²) in [5.41, 5.74) is 1.18. The molecule has 0 aliphatic rings. The molecular weight excluding hydrogens is 551 g/mol. The van der Waals surface area contributed by atoms with E-state index in [-0.39, 0.29) is 27.5 Å². The zero-order valence-corrected chi connectivity index (χ0v) is 20.8. The zero-order chi connectivity index (χ0) is 25.9. The molecule has 8 nitrogen and oxygen atoms in total. The Morgan fingerprint density at radius 3 is 2.28 bits per heavy atom. The molecule has 0 unspecified atom stereocenters. The molecule has 0 radical (unpaired) electrons. The third-order valence-corrected chi connectivity index (χ3v) is 6.53. The molecule has 182 valence electrons. The van der Waals surface area contributed by atoms with Gasteiger partial charge in [0.15, 0.2) is 0 Å². The number of halogens is 2. The number of rotatable bonds is 6. The zero-order valence-electron chi connectivity index (χ0n) is 18.4. The van der Waals surface area contributed by atoms with E-state index in [0.717, 1.165) is 16.6 Å². The fraction of sp³-hybridized carbons (Fsp3) is 0. The Balaban J connectivity index is 1.56. The van der Waals surface area contributed by atoms with Gasteiger partial charge in [0.05, 0.1) is 16.1 Å². The van der Waals surface area contributed by atoms with Crippen molar-refractivity contribution in [1.29, 1.82) is 0 Å². The van der Waals surface area contributed by atoms with Crippen LogP contribution in [0.5, 0.6) is 0 Å². The quantitative estimate of drug-likeness (QED) is 0.307. The lowest BCUT2D eigenvalue weighted by molar-refractivity contribution is 0.102. The topological polar surface area (TPSA) is 131 Å². The first kappa shape index (κ1) is 25.2. The molecule has 4 rings (SSSR count). The fourth-order valence-electron chi connectivity index (χ4n) is 3.40. The second-order valence-electron chi connectivity index (χ2n) is 7.58. The first-order valence-corrected chi connectivity index (χ1v) is 12.7. The molecular formula is C25H18BrFN4O4S. The van der Waals surface area contributed by atoms with E-state index in [1.165, 1.54) is 30.5 Å². The number of sulfonamides is 1. The lowest BCUT2D eigenvalue weighted by Crippen LogP contribution is -2.19. The highest BCUT2D eigenvalue weighted by atomic mass is 79.9. The summed E-state index contributed by atoms with van der Waals surface area (Å²) >= 11 is 3.25. The molecule has 1 heterocycles. The Labute approximate surface area is 214 Å². The average molecular weight is 569 g/mol. The van der Waals surface area contributed by atoms with Gasteiger partial charge in [0.1, 0.15) is 11.6 Å². The number of carbonyl (C=O) groups is 2. The Kier molecular flexibility index (Phi) is 7.25. The summed E-state index contributed by atoms with van der Waals surface area (Å²) in [7, 11) is -3.94. The first-order valence-electron chi connectivity index (χ1n) is 10.4. The minimum absolute atomic E-state index is 0.0376. The van der Waals surface area contributed by atoms with Crippen LogP contribution in [0.2, 0.25) is 0 Å². The summed E-state index contributed by atoms with van der Waals surface area (Å²) in [6, 6.07) is 19.1. The van der Waals surface area contributed by atoms with Crippen LogP contribution in [0.4, 0.5) is 15.9 Å². The maximum absolute atomic E-state index is 13.9. The van der Waals surface area contributed by atoms with Crippen molar-refractivity contribution in [3.8, 4) is 11.1 Å². The number of nitrogens with zero attached hydrogens (tertiary/aromatic N) is 1. The minimum Gasteiger partial charge on any atom is -0.321 e. The number of hydrogen-bond donors (Lipinski definition) is 3. The number of nitrogens with two attached hydrogens (primary N) is 1. The number of primary sulfonamides is 1. The largest absolute Gasteiger partial charge is 0.321 e. The van der Waals surface area contributed by atoms with Gasteiger partial charge < -0.3 is 10.6 Å². The maximum atomic E-state index is 13.9. The first-order chi connectivity index (χ1) is 17.1. The molecule has 11 heteroatoms. The van der Waals surface area contributed by atoms with Gasteiger partial charge in [0.25, 0.3) is 11.8 Å². The molecule has 0 saturated heterocycles. The third-order valence-electron chi connectivity index (χ3n) is 5.10. The average Bonchev–Trinajstić information content (AvgIpc) is 2.86. The fourth-order valence-corrected chi connectivity index (χ4v) is 4.39. The molecule has 3 aromatic carbocycles. The monoisotopic (exact) mass is 568 g/mol. The summed E-state index contributed by atoms with van der Waals surface area (Å²) in [5, 5.41) is 10.5. The highest BCUT2D eigenvalue weighted by molar-refractivity contribution is 9.10. The van der Waals surface area contributed by atoms with Gasteiger partial charge in [-0.1, -0.05) is 30.3 Å². The second kappa shape index (κ2) is 10.4. The summed E-state index contributed by atoms with van der Waals surface area (Å²) < 4.78 is 38.4. The number of carbonyl (C=O) groups excluding carboxylic acids is 2. The number of pyridine rings is 1.